The maximum atomic E-state index is 15.5. The highest BCUT2D eigenvalue weighted by Crippen LogP contribution is 2.50. The van der Waals surface area contributed by atoms with Gasteiger partial charge in [-0.25, -0.2) is 18.9 Å². The van der Waals surface area contributed by atoms with Gasteiger partial charge in [0.25, 0.3) is 16.1 Å². The van der Waals surface area contributed by atoms with Gasteiger partial charge in [0.2, 0.25) is 5.91 Å². The van der Waals surface area contributed by atoms with Crippen LogP contribution in [-0.2, 0) is 53.5 Å². The Morgan fingerprint density at radius 1 is 1.14 bits per heavy atom. The Hall–Kier alpha value is -5.49. The summed E-state index contributed by atoms with van der Waals surface area (Å²) >= 11 is 6.51. The fraction of sp³-hybridized carbons (Fsp3) is 0.297. The molecule has 6 rings (SSSR count). The number of allylic oxidation sites excluding steroid dienone is 1. The minimum Gasteiger partial charge on any atom is -0.378 e. The zero-order valence-electron chi connectivity index (χ0n) is 30.5. The van der Waals surface area contributed by atoms with Gasteiger partial charge in [0, 0.05) is 29.8 Å². The van der Waals surface area contributed by atoms with E-state index in [1.54, 1.807) is 0 Å². The summed E-state index contributed by atoms with van der Waals surface area (Å²) in [4.78, 5) is 18.5. The Labute approximate surface area is 331 Å². The zero-order valence-corrected chi connectivity index (χ0v) is 32.1. The number of rotatable bonds is 10. The number of alkyl halides is 5. The van der Waals surface area contributed by atoms with Crippen molar-refractivity contribution >= 4 is 44.4 Å². The normalized spacial score (nSPS) is 15.8. The Balaban J connectivity index is 1.54. The van der Waals surface area contributed by atoms with Crippen LogP contribution < -0.4 is 15.2 Å². The average Bonchev–Trinajstić information content (AvgIpc) is 3.70. The van der Waals surface area contributed by atoms with Crippen LogP contribution in [0.4, 0.5) is 36.6 Å². The number of halogens is 8. The number of hydrogen-bond donors (Lipinski definition) is 4. The van der Waals surface area contributed by atoms with Gasteiger partial charge in [-0.3, -0.25) is 18.9 Å². The molecular weight excluding hydrogens is 821 g/mol. The summed E-state index contributed by atoms with van der Waals surface area (Å²) in [5, 5.41) is 25.8. The van der Waals surface area contributed by atoms with Crippen molar-refractivity contribution in [2.24, 2.45) is 18.1 Å². The first-order valence-electron chi connectivity index (χ1n) is 17.0. The molecule has 5 aromatic rings. The summed E-state index contributed by atoms with van der Waals surface area (Å²) < 4.78 is 130. The van der Waals surface area contributed by atoms with Gasteiger partial charge in [-0.05, 0) is 68.5 Å². The molecule has 0 saturated heterocycles. The summed E-state index contributed by atoms with van der Waals surface area (Å²) in [6, 6.07) is 6.88. The molecule has 0 aliphatic heterocycles. The molecular formula is C37H32ClF7N8O4S. The third-order valence-electron chi connectivity index (χ3n) is 9.02. The van der Waals surface area contributed by atoms with Gasteiger partial charge >= 0.3 is 6.18 Å². The summed E-state index contributed by atoms with van der Waals surface area (Å²) in [5.74, 6) is -3.69. The van der Waals surface area contributed by atoms with Crippen LogP contribution in [0.25, 0.3) is 22.0 Å². The topological polar surface area (TPSA) is 170 Å². The van der Waals surface area contributed by atoms with Gasteiger partial charge in [0.1, 0.15) is 35.2 Å². The molecule has 2 aromatic carbocycles. The smallest absolute Gasteiger partial charge is 0.378 e. The number of carbonyl (C=O) groups excluding carboxylic acids is 1. The van der Waals surface area contributed by atoms with Gasteiger partial charge < -0.3 is 10.4 Å². The highest BCUT2D eigenvalue weighted by atomic mass is 35.5. The lowest BCUT2D eigenvalue weighted by molar-refractivity contribution is -0.142. The van der Waals surface area contributed by atoms with E-state index < -0.39 is 93.7 Å². The number of pyridine rings is 1. The quantitative estimate of drug-likeness (QED) is 0.0751. The Morgan fingerprint density at radius 3 is 2.40 bits per heavy atom. The van der Waals surface area contributed by atoms with Crippen molar-refractivity contribution in [3.8, 4) is 23.0 Å². The first-order chi connectivity index (χ1) is 26.9. The number of nitrogens with one attached hydrogen (secondary N) is 2. The highest BCUT2D eigenvalue weighted by molar-refractivity contribution is 7.90. The van der Waals surface area contributed by atoms with Crippen LogP contribution in [0, 0.1) is 29.4 Å². The van der Waals surface area contributed by atoms with Gasteiger partial charge in [0.15, 0.2) is 11.5 Å². The van der Waals surface area contributed by atoms with Crippen LogP contribution in [0.1, 0.15) is 53.8 Å². The summed E-state index contributed by atoms with van der Waals surface area (Å²) in [7, 11) is -2.91. The van der Waals surface area contributed by atoms with Gasteiger partial charge in [-0.2, -0.15) is 40.6 Å². The van der Waals surface area contributed by atoms with E-state index in [0.29, 0.717) is 6.07 Å². The zero-order chi connectivity index (χ0) is 42.7. The molecule has 12 nitrogen and oxygen atoms in total. The molecule has 3 aromatic heterocycles. The predicted molar refractivity (Wildman–Crippen MR) is 198 cm³/mol. The molecule has 58 heavy (non-hydrogen) atoms. The van der Waals surface area contributed by atoms with Gasteiger partial charge in [-0.1, -0.05) is 29.7 Å². The number of amides is 1. The third kappa shape index (κ3) is 8.67. The van der Waals surface area contributed by atoms with Crippen LogP contribution in [-0.4, -0.2) is 49.6 Å². The van der Waals surface area contributed by atoms with E-state index in [1.807, 2.05) is 0 Å². The first kappa shape index (κ1) is 42.1. The van der Waals surface area contributed by atoms with E-state index in [9.17, 15) is 40.3 Å². The molecule has 0 spiro atoms. The van der Waals surface area contributed by atoms with Crippen molar-refractivity contribution in [3.05, 3.63) is 106 Å². The van der Waals surface area contributed by atoms with Crippen LogP contribution >= 0.6 is 11.6 Å². The first-order valence-corrected chi connectivity index (χ1v) is 18.9. The van der Waals surface area contributed by atoms with Crippen LogP contribution in [0.3, 0.4) is 0 Å². The Morgan fingerprint density at radius 2 is 1.79 bits per heavy atom. The number of fused-ring (bicyclic) bond motifs is 2. The second kappa shape index (κ2) is 15.0. The lowest BCUT2D eigenvalue weighted by Gasteiger charge is -2.23. The molecule has 1 aliphatic carbocycles. The van der Waals surface area contributed by atoms with Crippen LogP contribution in [0.15, 0.2) is 55.1 Å². The maximum absolute atomic E-state index is 15.5. The molecule has 21 heteroatoms. The predicted octanol–water partition coefficient (Wildman–Crippen LogP) is 6.07. The molecule has 2 atom stereocenters. The van der Waals surface area contributed by atoms with E-state index in [-0.39, 0.29) is 54.5 Å². The molecule has 1 aliphatic rings. The van der Waals surface area contributed by atoms with Crippen molar-refractivity contribution in [2.45, 2.75) is 57.0 Å². The summed E-state index contributed by atoms with van der Waals surface area (Å²) in [6.45, 7) is 4.95. The van der Waals surface area contributed by atoms with E-state index in [0.717, 1.165) is 18.2 Å². The number of aliphatic hydroxyl groups is 1. The standard InChI is InChI=1S/C37H32ClF7N8O4S/c1-5-19-15-25-32(37(43,44)45)49-53(33(25)36(19,41)42)17-28(54)48-27(14-18-12-20(39)16-21(40)13-18)30-23(7-6-22(47-30)10-11-35(2,3)55)24-8-9-26(38)29-31(24)52(4)50-34(29)51-58(46,56)57/h5-9,12-13,16,19,27,55H,1,14-15,17H2,2-4H3,(H,48,54)(H,50,51)(H2,46,56,57). The molecule has 3 heterocycles. The lowest BCUT2D eigenvalue weighted by atomic mass is 9.93. The number of hydrogen-bond acceptors (Lipinski definition) is 7. The van der Waals surface area contributed by atoms with E-state index in [2.05, 4.69) is 43.6 Å². The molecule has 5 N–H and O–H groups in total. The van der Waals surface area contributed by atoms with Crippen molar-refractivity contribution in [1.29, 1.82) is 0 Å². The molecule has 306 valence electrons. The fourth-order valence-corrected chi connectivity index (χ4v) is 7.43. The van der Waals surface area contributed by atoms with Crippen LogP contribution in [0.5, 0.6) is 0 Å². The fourth-order valence-electron chi connectivity index (χ4n) is 6.78. The summed E-state index contributed by atoms with van der Waals surface area (Å²) in [5.41, 5.74) is -4.50. The van der Waals surface area contributed by atoms with Crippen molar-refractivity contribution in [1.82, 2.24) is 29.9 Å². The van der Waals surface area contributed by atoms with Crippen LogP contribution in [0.2, 0.25) is 5.02 Å². The van der Waals surface area contributed by atoms with E-state index >= 15 is 8.78 Å². The molecule has 0 radical (unpaired) electrons. The number of nitrogens with zero attached hydrogens (tertiary/aromatic N) is 5. The largest absolute Gasteiger partial charge is 0.435 e. The molecule has 0 saturated carbocycles. The Kier molecular flexibility index (Phi) is 10.9. The van der Waals surface area contributed by atoms with Gasteiger partial charge in [-0.15, -0.1) is 6.58 Å². The molecule has 0 bridgehead atoms. The molecule has 1 amide bonds. The van der Waals surface area contributed by atoms with Crippen molar-refractivity contribution in [2.75, 3.05) is 4.72 Å². The highest BCUT2D eigenvalue weighted by Gasteiger charge is 2.55. The minimum absolute atomic E-state index is 0.00663. The monoisotopic (exact) mass is 852 g/mol. The third-order valence-corrected chi connectivity index (χ3v) is 9.81. The van der Waals surface area contributed by atoms with E-state index in [4.69, 9.17) is 16.7 Å². The van der Waals surface area contributed by atoms with E-state index in [1.165, 1.54) is 49.8 Å². The molecule has 0 fully saturated rings. The summed E-state index contributed by atoms with van der Waals surface area (Å²) in [6.07, 6.45) is -5.50. The SMILES string of the molecule is C=CC1Cc2c(C(F)(F)F)nn(CC(=O)NC(Cc3cc(F)cc(F)c3)c3nc(C#CC(C)(C)O)ccc3-c3ccc(Cl)c4c(NS(N)(=O)=O)nn(C)c34)c2C1(F)F. The average molecular weight is 853 g/mol. The Bertz CT molecular complexity index is 2640. The van der Waals surface area contributed by atoms with Crippen molar-refractivity contribution in [3.63, 3.8) is 0 Å². The number of anilines is 1. The molecule has 2 unspecified atom stereocenters. The number of nitrogens with two attached hydrogens (primary N) is 1. The minimum atomic E-state index is -5.15. The second-order valence-corrected chi connectivity index (χ2v) is 15.7. The maximum Gasteiger partial charge on any atom is 0.435 e. The number of aromatic nitrogens is 5. The number of carbonyl (C=O) groups is 1. The van der Waals surface area contributed by atoms with Gasteiger partial charge in [0.05, 0.1) is 33.6 Å². The lowest BCUT2D eigenvalue weighted by Crippen LogP contribution is -2.35. The van der Waals surface area contributed by atoms with Crippen molar-refractivity contribution < 1.29 is 49.1 Å². The second-order valence-electron chi connectivity index (χ2n) is 14.0. The number of benzene rings is 2. The number of aryl methyl sites for hydroxylation is 1.